The minimum atomic E-state index is -4.69. The standard InChI is InChI=1S/C6H3F4NO/c7-3-1-5(6(8,9)10)11-2-4(3)12/h1-2,12H. The third-order valence-corrected chi connectivity index (χ3v) is 1.12. The van der Waals surface area contributed by atoms with Crippen LogP contribution in [0.5, 0.6) is 5.75 Å². The molecule has 0 bridgehead atoms. The van der Waals surface area contributed by atoms with Gasteiger partial charge in [0.15, 0.2) is 11.6 Å². The molecule has 2 nitrogen and oxygen atoms in total. The molecule has 0 unspecified atom stereocenters. The number of pyridine rings is 1. The lowest BCUT2D eigenvalue weighted by atomic mass is 10.3. The van der Waals surface area contributed by atoms with E-state index in [0.29, 0.717) is 6.20 Å². The summed E-state index contributed by atoms with van der Waals surface area (Å²) in [4.78, 5) is 2.80. The van der Waals surface area contributed by atoms with E-state index >= 15 is 0 Å². The van der Waals surface area contributed by atoms with E-state index in [2.05, 4.69) is 4.98 Å². The van der Waals surface area contributed by atoms with Gasteiger partial charge in [-0.1, -0.05) is 0 Å². The van der Waals surface area contributed by atoms with E-state index in [0.717, 1.165) is 0 Å². The average Bonchev–Trinajstić information content (AvgIpc) is 1.92. The second-order valence-electron chi connectivity index (χ2n) is 2.02. The first kappa shape index (κ1) is 8.76. The molecule has 0 aliphatic rings. The van der Waals surface area contributed by atoms with Crippen molar-refractivity contribution >= 4 is 0 Å². The summed E-state index contributed by atoms with van der Waals surface area (Å²) in [5.74, 6) is -2.24. The van der Waals surface area contributed by atoms with Gasteiger partial charge in [0.25, 0.3) is 0 Å². The van der Waals surface area contributed by atoms with Gasteiger partial charge in [0, 0.05) is 6.07 Å². The predicted octanol–water partition coefficient (Wildman–Crippen LogP) is 1.95. The molecule has 12 heavy (non-hydrogen) atoms. The van der Waals surface area contributed by atoms with E-state index in [-0.39, 0.29) is 6.07 Å². The number of alkyl halides is 3. The summed E-state index contributed by atoms with van der Waals surface area (Å²) in [6.07, 6.45) is -4.27. The maximum Gasteiger partial charge on any atom is 0.433 e. The summed E-state index contributed by atoms with van der Waals surface area (Å²) in [6.45, 7) is 0. The number of nitrogens with zero attached hydrogens (tertiary/aromatic N) is 1. The molecule has 0 radical (unpaired) electrons. The predicted molar refractivity (Wildman–Crippen MR) is 30.9 cm³/mol. The minimum absolute atomic E-state index is 0.134. The van der Waals surface area contributed by atoms with Crippen LogP contribution in [0, 0.1) is 5.82 Å². The van der Waals surface area contributed by atoms with Gasteiger partial charge in [-0.3, -0.25) is 0 Å². The van der Waals surface area contributed by atoms with Gasteiger partial charge in [-0.05, 0) is 0 Å². The van der Waals surface area contributed by atoms with E-state index in [1.54, 1.807) is 0 Å². The largest absolute Gasteiger partial charge is 0.504 e. The maximum atomic E-state index is 12.3. The van der Waals surface area contributed by atoms with Crippen LogP contribution < -0.4 is 0 Å². The topological polar surface area (TPSA) is 33.1 Å². The Hall–Kier alpha value is -1.33. The van der Waals surface area contributed by atoms with Crippen LogP contribution in [0.15, 0.2) is 12.3 Å². The van der Waals surface area contributed by atoms with Gasteiger partial charge in [0.2, 0.25) is 0 Å². The Balaban J connectivity index is 3.14. The smallest absolute Gasteiger partial charge is 0.433 e. The number of halogens is 4. The van der Waals surface area contributed by atoms with Gasteiger partial charge in [0.05, 0.1) is 6.20 Å². The molecule has 1 aromatic rings. The lowest BCUT2D eigenvalue weighted by Crippen LogP contribution is -2.07. The van der Waals surface area contributed by atoms with Gasteiger partial charge >= 0.3 is 6.18 Å². The summed E-state index contributed by atoms with van der Waals surface area (Å²) in [6, 6.07) is 0.134. The van der Waals surface area contributed by atoms with Crippen molar-refractivity contribution in [1.29, 1.82) is 0 Å². The fraction of sp³-hybridized carbons (Fsp3) is 0.167. The third kappa shape index (κ3) is 1.63. The van der Waals surface area contributed by atoms with Crippen molar-refractivity contribution in [2.75, 3.05) is 0 Å². The zero-order valence-electron chi connectivity index (χ0n) is 5.56. The fourth-order valence-electron chi connectivity index (χ4n) is 0.579. The van der Waals surface area contributed by atoms with E-state index in [1.165, 1.54) is 0 Å². The number of aromatic nitrogens is 1. The molecule has 66 valence electrons. The average molecular weight is 181 g/mol. The molecule has 0 aliphatic heterocycles. The molecule has 0 fully saturated rings. The number of hydrogen-bond donors (Lipinski definition) is 1. The number of rotatable bonds is 0. The van der Waals surface area contributed by atoms with E-state index in [4.69, 9.17) is 5.11 Å². The van der Waals surface area contributed by atoms with Crippen LogP contribution in [0.3, 0.4) is 0 Å². The molecule has 0 spiro atoms. The van der Waals surface area contributed by atoms with Crippen molar-refractivity contribution in [3.63, 3.8) is 0 Å². The Morgan fingerprint density at radius 3 is 2.33 bits per heavy atom. The van der Waals surface area contributed by atoms with Crippen LogP contribution in [0.2, 0.25) is 0 Å². The van der Waals surface area contributed by atoms with E-state index in [1.807, 2.05) is 0 Å². The van der Waals surface area contributed by atoms with E-state index < -0.39 is 23.4 Å². The van der Waals surface area contributed by atoms with Crippen molar-refractivity contribution in [1.82, 2.24) is 4.98 Å². The van der Waals surface area contributed by atoms with Crippen LogP contribution in [0.25, 0.3) is 0 Å². The van der Waals surface area contributed by atoms with Crippen LogP contribution in [0.1, 0.15) is 5.69 Å². The first-order chi connectivity index (χ1) is 5.41. The Morgan fingerprint density at radius 2 is 1.92 bits per heavy atom. The highest BCUT2D eigenvalue weighted by atomic mass is 19.4. The zero-order valence-corrected chi connectivity index (χ0v) is 5.56. The van der Waals surface area contributed by atoms with Crippen LogP contribution in [-0.4, -0.2) is 10.1 Å². The highest BCUT2D eigenvalue weighted by Gasteiger charge is 2.33. The summed E-state index contributed by atoms with van der Waals surface area (Å²) in [7, 11) is 0. The molecule has 1 rings (SSSR count). The maximum absolute atomic E-state index is 12.3. The monoisotopic (exact) mass is 181 g/mol. The molecule has 0 amide bonds. The first-order valence-corrected chi connectivity index (χ1v) is 2.83. The number of hydrogen-bond acceptors (Lipinski definition) is 2. The second-order valence-corrected chi connectivity index (χ2v) is 2.02. The molecular formula is C6H3F4NO. The normalized spacial score (nSPS) is 11.7. The highest BCUT2D eigenvalue weighted by molar-refractivity contribution is 5.21. The van der Waals surface area contributed by atoms with Crippen molar-refractivity contribution in [2.24, 2.45) is 0 Å². The summed E-state index contributed by atoms with van der Waals surface area (Å²) in [5, 5.41) is 8.50. The van der Waals surface area contributed by atoms with Gasteiger partial charge in [-0.25, -0.2) is 9.37 Å². The minimum Gasteiger partial charge on any atom is -0.504 e. The Morgan fingerprint density at radius 1 is 1.33 bits per heavy atom. The van der Waals surface area contributed by atoms with Crippen LogP contribution in [-0.2, 0) is 6.18 Å². The van der Waals surface area contributed by atoms with Crippen LogP contribution >= 0.6 is 0 Å². The SMILES string of the molecule is Oc1cnc(C(F)(F)F)cc1F. The van der Waals surface area contributed by atoms with E-state index in [9.17, 15) is 17.6 Å². The quantitative estimate of drug-likeness (QED) is 0.620. The summed E-state index contributed by atoms with van der Waals surface area (Å²) >= 11 is 0. The molecule has 1 heterocycles. The second kappa shape index (κ2) is 2.62. The van der Waals surface area contributed by atoms with Crippen LogP contribution in [0.4, 0.5) is 17.6 Å². The fourth-order valence-corrected chi connectivity index (χ4v) is 0.579. The molecule has 0 saturated heterocycles. The Labute approximate surface area is 64.5 Å². The first-order valence-electron chi connectivity index (χ1n) is 2.83. The van der Waals surface area contributed by atoms with Crippen molar-refractivity contribution in [3.8, 4) is 5.75 Å². The zero-order chi connectivity index (χ0) is 9.35. The molecule has 0 saturated carbocycles. The molecule has 0 atom stereocenters. The lowest BCUT2D eigenvalue weighted by molar-refractivity contribution is -0.141. The van der Waals surface area contributed by atoms with Gasteiger partial charge in [0.1, 0.15) is 5.69 Å². The lowest BCUT2D eigenvalue weighted by Gasteiger charge is -2.04. The Bertz CT molecular complexity index is 296. The van der Waals surface area contributed by atoms with Gasteiger partial charge in [-0.15, -0.1) is 0 Å². The highest BCUT2D eigenvalue weighted by Crippen LogP contribution is 2.29. The van der Waals surface area contributed by atoms with Gasteiger partial charge in [-0.2, -0.15) is 13.2 Å². The van der Waals surface area contributed by atoms with Crippen molar-refractivity contribution in [3.05, 3.63) is 23.8 Å². The molecule has 6 heteroatoms. The molecule has 0 aromatic carbocycles. The van der Waals surface area contributed by atoms with Crippen molar-refractivity contribution in [2.45, 2.75) is 6.18 Å². The van der Waals surface area contributed by atoms with Gasteiger partial charge < -0.3 is 5.11 Å². The number of aromatic hydroxyl groups is 1. The Kier molecular flexibility index (Phi) is 1.91. The summed E-state index contributed by atoms with van der Waals surface area (Å²) in [5.41, 5.74) is -1.36. The summed E-state index contributed by atoms with van der Waals surface area (Å²) < 4.78 is 47.7. The molecule has 1 N–H and O–H groups in total. The third-order valence-electron chi connectivity index (χ3n) is 1.12. The molecule has 0 aliphatic carbocycles. The molecular weight excluding hydrogens is 178 g/mol. The molecule has 1 aromatic heterocycles. The van der Waals surface area contributed by atoms with Crippen molar-refractivity contribution < 1.29 is 22.7 Å².